The normalized spacial score (nSPS) is 19.5. The van der Waals surface area contributed by atoms with E-state index in [-0.39, 0.29) is 17.9 Å². The Labute approximate surface area is 147 Å². The number of amides is 2. The van der Waals surface area contributed by atoms with Gasteiger partial charge < -0.3 is 20.1 Å². The van der Waals surface area contributed by atoms with Gasteiger partial charge in [0.15, 0.2) is 0 Å². The van der Waals surface area contributed by atoms with Gasteiger partial charge in [-0.05, 0) is 60.2 Å². The lowest BCUT2D eigenvalue weighted by Crippen LogP contribution is -2.44. The molecule has 1 heterocycles. The fourth-order valence-corrected chi connectivity index (χ4v) is 3.61. The fourth-order valence-electron chi connectivity index (χ4n) is 3.61. The largest absolute Gasteiger partial charge is 0.508 e. The van der Waals surface area contributed by atoms with Crippen LogP contribution in [-0.2, 0) is 17.6 Å². The zero-order valence-electron chi connectivity index (χ0n) is 14.1. The van der Waals surface area contributed by atoms with Gasteiger partial charge in [0.05, 0.1) is 13.2 Å². The zero-order valence-corrected chi connectivity index (χ0v) is 14.1. The van der Waals surface area contributed by atoms with Crippen LogP contribution in [0, 0.1) is 0 Å². The predicted octanol–water partition coefficient (Wildman–Crippen LogP) is 3.49. The number of nitrogens with zero attached hydrogens (tertiary/aromatic N) is 1. The van der Waals surface area contributed by atoms with E-state index < -0.39 is 0 Å². The van der Waals surface area contributed by atoms with Gasteiger partial charge in [-0.15, -0.1) is 0 Å². The molecule has 1 fully saturated rings. The van der Waals surface area contributed by atoms with Crippen molar-refractivity contribution >= 4 is 11.7 Å². The molecule has 5 heteroatoms. The molecule has 1 unspecified atom stereocenters. The number of aryl methyl sites for hydroxylation is 2. The number of benzene rings is 2. The van der Waals surface area contributed by atoms with Gasteiger partial charge >= 0.3 is 6.03 Å². The number of rotatable bonds is 2. The Morgan fingerprint density at radius 1 is 1.16 bits per heavy atom. The summed E-state index contributed by atoms with van der Waals surface area (Å²) in [7, 11) is 0. The number of urea groups is 1. The van der Waals surface area contributed by atoms with Crippen LogP contribution in [0.1, 0.15) is 29.2 Å². The van der Waals surface area contributed by atoms with Crippen LogP contribution in [0.3, 0.4) is 0 Å². The minimum Gasteiger partial charge on any atom is -0.508 e. The SMILES string of the molecule is O=C(Nc1ccc2c(c1)CCC2)N1CCOC(c2cccc(O)c2)C1. The Morgan fingerprint density at radius 3 is 2.92 bits per heavy atom. The molecule has 1 atom stereocenters. The average molecular weight is 338 g/mol. The monoisotopic (exact) mass is 338 g/mol. The first-order valence-corrected chi connectivity index (χ1v) is 8.77. The summed E-state index contributed by atoms with van der Waals surface area (Å²) in [4.78, 5) is 14.4. The molecule has 0 spiro atoms. The molecule has 5 nitrogen and oxygen atoms in total. The molecule has 0 saturated carbocycles. The van der Waals surface area contributed by atoms with Crippen molar-refractivity contribution in [2.45, 2.75) is 25.4 Å². The van der Waals surface area contributed by atoms with Gasteiger partial charge in [-0.25, -0.2) is 4.79 Å². The first-order valence-electron chi connectivity index (χ1n) is 8.77. The lowest BCUT2D eigenvalue weighted by molar-refractivity contribution is -0.0135. The Morgan fingerprint density at radius 2 is 2.04 bits per heavy atom. The van der Waals surface area contributed by atoms with Crippen LogP contribution in [0.5, 0.6) is 5.75 Å². The summed E-state index contributed by atoms with van der Waals surface area (Å²) in [5.74, 6) is 0.209. The van der Waals surface area contributed by atoms with Gasteiger partial charge in [0.1, 0.15) is 11.9 Å². The van der Waals surface area contributed by atoms with Crippen molar-refractivity contribution in [1.82, 2.24) is 4.90 Å². The molecule has 2 aromatic carbocycles. The predicted molar refractivity (Wildman–Crippen MR) is 95.9 cm³/mol. The lowest BCUT2D eigenvalue weighted by atomic mass is 10.1. The van der Waals surface area contributed by atoms with E-state index >= 15 is 0 Å². The van der Waals surface area contributed by atoms with Crippen LogP contribution in [0.15, 0.2) is 42.5 Å². The number of carbonyl (C=O) groups is 1. The number of anilines is 1. The number of hydrogen-bond donors (Lipinski definition) is 2. The molecule has 1 aliphatic carbocycles. The van der Waals surface area contributed by atoms with Crippen LogP contribution in [0.2, 0.25) is 0 Å². The summed E-state index contributed by atoms with van der Waals surface area (Å²) >= 11 is 0. The summed E-state index contributed by atoms with van der Waals surface area (Å²) < 4.78 is 5.78. The third-order valence-electron chi connectivity index (χ3n) is 4.95. The molecule has 25 heavy (non-hydrogen) atoms. The molecule has 1 saturated heterocycles. The number of phenols is 1. The van der Waals surface area contributed by atoms with E-state index in [0.29, 0.717) is 19.7 Å². The van der Waals surface area contributed by atoms with E-state index in [1.165, 1.54) is 17.5 Å². The molecule has 2 N–H and O–H groups in total. The summed E-state index contributed by atoms with van der Waals surface area (Å²) in [5, 5.41) is 12.6. The van der Waals surface area contributed by atoms with E-state index in [0.717, 1.165) is 24.1 Å². The number of ether oxygens (including phenoxy) is 1. The Kier molecular flexibility index (Phi) is 4.32. The number of hydrogen-bond acceptors (Lipinski definition) is 3. The number of fused-ring (bicyclic) bond motifs is 1. The van der Waals surface area contributed by atoms with Gasteiger partial charge in [-0.1, -0.05) is 18.2 Å². The van der Waals surface area contributed by atoms with Crippen molar-refractivity contribution in [2.24, 2.45) is 0 Å². The Bertz CT molecular complexity index is 790. The van der Waals surface area contributed by atoms with Gasteiger partial charge in [0.25, 0.3) is 0 Å². The van der Waals surface area contributed by atoms with Crippen molar-refractivity contribution in [3.8, 4) is 5.75 Å². The molecule has 130 valence electrons. The molecule has 0 bridgehead atoms. The topological polar surface area (TPSA) is 61.8 Å². The molecule has 0 aromatic heterocycles. The van der Waals surface area contributed by atoms with Crippen molar-refractivity contribution in [2.75, 3.05) is 25.0 Å². The van der Waals surface area contributed by atoms with Crippen LogP contribution >= 0.6 is 0 Å². The summed E-state index contributed by atoms with van der Waals surface area (Å²) in [5.41, 5.74) is 4.48. The molecular formula is C20H22N2O3. The molecule has 0 radical (unpaired) electrons. The van der Waals surface area contributed by atoms with Crippen LogP contribution in [0.4, 0.5) is 10.5 Å². The first-order chi connectivity index (χ1) is 12.2. The second-order valence-corrected chi connectivity index (χ2v) is 6.67. The smallest absolute Gasteiger partial charge is 0.322 e. The summed E-state index contributed by atoms with van der Waals surface area (Å²) in [6, 6.07) is 13.1. The van der Waals surface area contributed by atoms with E-state index in [2.05, 4.69) is 17.4 Å². The maximum Gasteiger partial charge on any atom is 0.322 e. The average Bonchev–Trinajstić information content (AvgIpc) is 3.09. The van der Waals surface area contributed by atoms with E-state index in [1.807, 2.05) is 12.1 Å². The quantitative estimate of drug-likeness (QED) is 0.881. The molecular weight excluding hydrogens is 316 g/mol. The zero-order chi connectivity index (χ0) is 17.2. The summed E-state index contributed by atoms with van der Waals surface area (Å²) in [6.45, 7) is 1.52. The van der Waals surface area contributed by atoms with Crippen molar-refractivity contribution in [3.63, 3.8) is 0 Å². The van der Waals surface area contributed by atoms with E-state index in [1.54, 1.807) is 23.1 Å². The number of carbonyl (C=O) groups excluding carboxylic acids is 1. The standard InChI is InChI=1S/C20H22N2O3/c23-18-6-2-5-16(12-18)19-13-22(9-10-25-19)20(24)21-17-8-7-14-3-1-4-15(14)11-17/h2,5-8,11-12,19,23H,1,3-4,9-10,13H2,(H,21,24). The van der Waals surface area contributed by atoms with Gasteiger partial charge in [0.2, 0.25) is 0 Å². The van der Waals surface area contributed by atoms with Crippen molar-refractivity contribution < 1.29 is 14.6 Å². The second kappa shape index (κ2) is 6.76. The van der Waals surface area contributed by atoms with E-state index in [4.69, 9.17) is 4.74 Å². The van der Waals surface area contributed by atoms with Crippen LogP contribution < -0.4 is 5.32 Å². The number of nitrogens with one attached hydrogen (secondary N) is 1. The first kappa shape index (κ1) is 16.0. The Balaban J connectivity index is 1.43. The highest BCUT2D eigenvalue weighted by atomic mass is 16.5. The maximum absolute atomic E-state index is 12.6. The third-order valence-corrected chi connectivity index (χ3v) is 4.95. The molecule has 2 amide bonds. The van der Waals surface area contributed by atoms with Gasteiger partial charge in [-0.2, -0.15) is 0 Å². The third kappa shape index (κ3) is 3.46. The number of phenolic OH excluding ortho intramolecular Hbond substituents is 1. The van der Waals surface area contributed by atoms with E-state index in [9.17, 15) is 9.90 Å². The second-order valence-electron chi connectivity index (χ2n) is 6.67. The molecule has 4 rings (SSSR count). The lowest BCUT2D eigenvalue weighted by Gasteiger charge is -2.33. The number of morpholine rings is 1. The summed E-state index contributed by atoms with van der Waals surface area (Å²) in [6.07, 6.45) is 3.21. The minimum atomic E-state index is -0.216. The highest BCUT2D eigenvalue weighted by molar-refractivity contribution is 5.89. The Hall–Kier alpha value is -2.53. The highest BCUT2D eigenvalue weighted by Crippen LogP contribution is 2.27. The molecule has 1 aliphatic heterocycles. The van der Waals surface area contributed by atoms with Gasteiger partial charge in [0, 0.05) is 12.2 Å². The highest BCUT2D eigenvalue weighted by Gasteiger charge is 2.26. The van der Waals surface area contributed by atoms with Crippen molar-refractivity contribution in [3.05, 3.63) is 59.2 Å². The maximum atomic E-state index is 12.6. The van der Waals surface area contributed by atoms with Crippen LogP contribution in [-0.4, -0.2) is 35.7 Å². The number of aromatic hydroxyl groups is 1. The van der Waals surface area contributed by atoms with Gasteiger partial charge in [-0.3, -0.25) is 0 Å². The molecule has 2 aromatic rings. The molecule has 2 aliphatic rings. The van der Waals surface area contributed by atoms with Crippen molar-refractivity contribution in [1.29, 1.82) is 0 Å². The van der Waals surface area contributed by atoms with Crippen LogP contribution in [0.25, 0.3) is 0 Å². The minimum absolute atomic E-state index is 0.105. The fraction of sp³-hybridized carbons (Fsp3) is 0.350.